The molecule has 0 bridgehead atoms. The number of hydrogen-bond acceptors (Lipinski definition) is 3. The highest BCUT2D eigenvalue weighted by molar-refractivity contribution is 6.34. The van der Waals surface area contributed by atoms with Gasteiger partial charge in [-0.25, -0.2) is 9.59 Å². The number of aromatic carboxylic acids is 2. The van der Waals surface area contributed by atoms with Gasteiger partial charge in [0, 0.05) is 5.69 Å². The highest BCUT2D eigenvalue weighted by Crippen LogP contribution is 2.18. The van der Waals surface area contributed by atoms with Crippen molar-refractivity contribution in [2.24, 2.45) is 0 Å². The molecule has 0 aliphatic heterocycles. The molecule has 0 atom stereocenters. The summed E-state index contributed by atoms with van der Waals surface area (Å²) < 4.78 is 0. The van der Waals surface area contributed by atoms with Crippen LogP contribution in [0.4, 0.5) is 0 Å². The summed E-state index contributed by atoms with van der Waals surface area (Å²) in [5.41, 5.74) is -2.07. The van der Waals surface area contributed by atoms with Gasteiger partial charge in [0.15, 0.2) is 0 Å². The highest BCUT2D eigenvalue weighted by Gasteiger charge is 2.24. The second-order valence-electron chi connectivity index (χ2n) is 2.75. The van der Waals surface area contributed by atoms with Crippen LogP contribution in [0.3, 0.4) is 0 Å². The minimum atomic E-state index is -1.55. The number of carboxylic acids is 2. The Hall–Kier alpha value is -1.82. The molecule has 0 saturated carbocycles. The largest absolute Gasteiger partial charge is 0.478 e. The molecule has 0 saturated heterocycles. The van der Waals surface area contributed by atoms with E-state index in [9.17, 15) is 14.4 Å². The zero-order valence-corrected chi connectivity index (χ0v) is 8.25. The quantitative estimate of drug-likeness (QED) is 0.696. The fourth-order valence-electron chi connectivity index (χ4n) is 1.17. The molecule has 1 aromatic rings. The minimum absolute atomic E-state index is 0.0469. The van der Waals surface area contributed by atoms with Gasteiger partial charge >= 0.3 is 11.9 Å². The second kappa shape index (κ2) is 3.74. The molecule has 0 aliphatic rings. The van der Waals surface area contributed by atoms with E-state index in [0.717, 1.165) is 0 Å². The maximum atomic E-state index is 11.1. The van der Waals surface area contributed by atoms with E-state index in [4.69, 9.17) is 21.8 Å². The number of rotatable bonds is 2. The fraction of sp³-hybridized carbons (Fsp3) is 0.125. The first-order valence-electron chi connectivity index (χ1n) is 3.75. The van der Waals surface area contributed by atoms with E-state index in [2.05, 4.69) is 4.98 Å². The number of pyridine rings is 1. The van der Waals surface area contributed by atoms with E-state index in [1.54, 1.807) is 0 Å². The average Bonchev–Trinajstić information content (AvgIpc) is 2.09. The van der Waals surface area contributed by atoms with Gasteiger partial charge in [-0.2, -0.15) is 0 Å². The predicted molar refractivity (Wildman–Crippen MR) is 50.7 cm³/mol. The number of aromatic amines is 1. The number of halogens is 1. The molecule has 0 fully saturated rings. The standard InChI is InChI=1S/C8H6ClNO5/c1-2-3(7(12)13)4(8(14)15)5(9)6(11)10-2/h1H3,(H,10,11)(H,12,13)(H,14,15). The summed E-state index contributed by atoms with van der Waals surface area (Å²) in [6, 6.07) is 0. The molecule has 0 radical (unpaired) electrons. The van der Waals surface area contributed by atoms with Crippen molar-refractivity contribution in [2.45, 2.75) is 6.92 Å². The molecule has 6 nitrogen and oxygen atoms in total. The SMILES string of the molecule is Cc1[nH]c(=O)c(Cl)c(C(=O)O)c1C(=O)O. The first-order chi connectivity index (χ1) is 6.86. The Labute approximate surface area is 88.1 Å². The number of aromatic nitrogens is 1. The third-order valence-electron chi connectivity index (χ3n) is 1.77. The number of H-pyrrole nitrogens is 1. The van der Waals surface area contributed by atoms with E-state index in [0.29, 0.717) is 0 Å². The molecular formula is C8H6ClNO5. The first kappa shape index (κ1) is 11.3. The molecule has 1 heterocycles. The number of aryl methyl sites for hydroxylation is 1. The lowest BCUT2D eigenvalue weighted by Crippen LogP contribution is -2.20. The van der Waals surface area contributed by atoms with Gasteiger partial charge in [0.2, 0.25) is 0 Å². The Morgan fingerprint density at radius 3 is 2.07 bits per heavy atom. The molecule has 0 amide bonds. The van der Waals surface area contributed by atoms with Crippen molar-refractivity contribution >= 4 is 23.5 Å². The van der Waals surface area contributed by atoms with Gasteiger partial charge in [0.05, 0.1) is 11.1 Å². The third-order valence-corrected chi connectivity index (χ3v) is 2.13. The molecule has 1 aromatic heterocycles. The van der Waals surface area contributed by atoms with Gasteiger partial charge in [0.25, 0.3) is 5.56 Å². The Balaban J connectivity index is 3.78. The van der Waals surface area contributed by atoms with Gasteiger partial charge < -0.3 is 15.2 Å². The van der Waals surface area contributed by atoms with Crippen LogP contribution in [0.5, 0.6) is 0 Å². The van der Waals surface area contributed by atoms with Crippen LogP contribution in [0.1, 0.15) is 26.4 Å². The molecular weight excluding hydrogens is 226 g/mol. The summed E-state index contributed by atoms with van der Waals surface area (Å²) in [7, 11) is 0. The Morgan fingerprint density at radius 2 is 1.67 bits per heavy atom. The zero-order valence-electron chi connectivity index (χ0n) is 7.50. The first-order valence-corrected chi connectivity index (χ1v) is 4.13. The van der Waals surface area contributed by atoms with Crippen molar-refractivity contribution in [1.29, 1.82) is 0 Å². The van der Waals surface area contributed by atoms with Crippen LogP contribution in [0.2, 0.25) is 5.02 Å². The van der Waals surface area contributed by atoms with E-state index < -0.39 is 33.6 Å². The molecule has 0 unspecified atom stereocenters. The van der Waals surface area contributed by atoms with Crippen molar-refractivity contribution in [3.63, 3.8) is 0 Å². The van der Waals surface area contributed by atoms with Gasteiger partial charge in [-0.05, 0) is 6.92 Å². The van der Waals surface area contributed by atoms with Gasteiger partial charge in [-0.15, -0.1) is 0 Å². The van der Waals surface area contributed by atoms with Gasteiger partial charge in [-0.1, -0.05) is 11.6 Å². The molecule has 3 N–H and O–H groups in total. The van der Waals surface area contributed by atoms with E-state index in [1.807, 2.05) is 0 Å². The van der Waals surface area contributed by atoms with Crippen molar-refractivity contribution < 1.29 is 19.8 Å². The van der Waals surface area contributed by atoms with Crippen LogP contribution in [0.15, 0.2) is 4.79 Å². The summed E-state index contributed by atoms with van der Waals surface area (Å²) in [4.78, 5) is 34.8. The van der Waals surface area contributed by atoms with Crippen LogP contribution in [-0.2, 0) is 0 Å². The van der Waals surface area contributed by atoms with E-state index in [1.165, 1.54) is 6.92 Å². The molecule has 80 valence electrons. The number of hydrogen-bond donors (Lipinski definition) is 3. The molecule has 1 rings (SSSR count). The average molecular weight is 232 g/mol. The summed E-state index contributed by atoms with van der Waals surface area (Å²) in [6.45, 7) is 1.29. The summed E-state index contributed by atoms with van der Waals surface area (Å²) in [5, 5.41) is 16.9. The third kappa shape index (κ3) is 1.84. The lowest BCUT2D eigenvalue weighted by Gasteiger charge is -2.06. The number of carboxylic acid groups (broad SMARTS) is 2. The Kier molecular flexibility index (Phi) is 2.81. The molecule has 7 heteroatoms. The molecule has 0 aliphatic carbocycles. The topological polar surface area (TPSA) is 107 Å². The van der Waals surface area contributed by atoms with Crippen LogP contribution in [0.25, 0.3) is 0 Å². The summed E-state index contributed by atoms with van der Waals surface area (Å²) >= 11 is 5.42. The lowest BCUT2D eigenvalue weighted by molar-refractivity contribution is 0.0650. The highest BCUT2D eigenvalue weighted by atomic mass is 35.5. The number of nitrogens with one attached hydrogen (secondary N) is 1. The summed E-state index contributed by atoms with van der Waals surface area (Å²) in [5.74, 6) is -3.00. The predicted octanol–water partition coefficient (Wildman–Crippen LogP) is 0.733. The van der Waals surface area contributed by atoms with Crippen LogP contribution in [-0.4, -0.2) is 27.1 Å². The van der Waals surface area contributed by atoms with Crippen LogP contribution >= 0.6 is 11.6 Å². The van der Waals surface area contributed by atoms with Crippen molar-refractivity contribution in [3.05, 3.63) is 32.2 Å². The maximum absolute atomic E-state index is 11.1. The van der Waals surface area contributed by atoms with Crippen molar-refractivity contribution in [2.75, 3.05) is 0 Å². The second-order valence-corrected chi connectivity index (χ2v) is 3.13. The normalized spacial score (nSPS) is 10.0. The van der Waals surface area contributed by atoms with Crippen LogP contribution in [0, 0.1) is 6.92 Å². The van der Waals surface area contributed by atoms with Gasteiger partial charge in [0.1, 0.15) is 5.02 Å². The molecule has 15 heavy (non-hydrogen) atoms. The maximum Gasteiger partial charge on any atom is 0.338 e. The smallest absolute Gasteiger partial charge is 0.338 e. The van der Waals surface area contributed by atoms with E-state index >= 15 is 0 Å². The van der Waals surface area contributed by atoms with Gasteiger partial charge in [-0.3, -0.25) is 4.79 Å². The Morgan fingerprint density at radius 1 is 1.20 bits per heavy atom. The summed E-state index contributed by atoms with van der Waals surface area (Å²) in [6.07, 6.45) is 0. The molecule has 0 spiro atoms. The Bertz CT molecular complexity index is 504. The number of carbonyl (C=O) groups is 2. The van der Waals surface area contributed by atoms with E-state index in [-0.39, 0.29) is 5.69 Å². The van der Waals surface area contributed by atoms with Crippen molar-refractivity contribution in [1.82, 2.24) is 4.98 Å². The monoisotopic (exact) mass is 231 g/mol. The minimum Gasteiger partial charge on any atom is -0.478 e. The lowest BCUT2D eigenvalue weighted by atomic mass is 10.1. The zero-order chi connectivity index (χ0) is 11.7. The molecule has 0 aromatic carbocycles. The fourth-order valence-corrected chi connectivity index (χ4v) is 1.39. The van der Waals surface area contributed by atoms with Crippen LogP contribution < -0.4 is 5.56 Å². The van der Waals surface area contributed by atoms with Crippen molar-refractivity contribution in [3.8, 4) is 0 Å².